The van der Waals surface area contributed by atoms with Crippen molar-refractivity contribution >= 4 is 22.7 Å². The van der Waals surface area contributed by atoms with E-state index < -0.39 is 5.91 Å². The summed E-state index contributed by atoms with van der Waals surface area (Å²) in [5.41, 5.74) is 7.75. The third-order valence-corrected chi connectivity index (χ3v) is 6.94. The van der Waals surface area contributed by atoms with E-state index in [1.54, 1.807) is 28.9 Å². The Labute approximate surface area is 191 Å². The molecule has 2 N–H and O–H groups in total. The zero-order valence-corrected chi connectivity index (χ0v) is 18.5. The highest BCUT2D eigenvalue weighted by Gasteiger charge is 2.31. The van der Waals surface area contributed by atoms with Gasteiger partial charge in [0.2, 0.25) is 5.91 Å². The number of likely N-dealkylation sites (tertiary alicyclic amines) is 1. The van der Waals surface area contributed by atoms with Crippen LogP contribution in [0.3, 0.4) is 0 Å². The van der Waals surface area contributed by atoms with Gasteiger partial charge in [0.1, 0.15) is 11.5 Å². The first-order valence-corrected chi connectivity index (χ1v) is 11.5. The maximum atomic E-state index is 13.9. The Balaban J connectivity index is 1.19. The van der Waals surface area contributed by atoms with Crippen LogP contribution in [-0.4, -0.2) is 64.1 Å². The second kappa shape index (κ2) is 8.94. The quantitative estimate of drug-likeness (QED) is 0.627. The molecule has 1 aromatic heterocycles. The number of hydrogen-bond donors (Lipinski definition) is 1. The van der Waals surface area contributed by atoms with E-state index in [9.17, 15) is 14.0 Å². The smallest absolute Gasteiger partial charge is 0.272 e. The highest BCUT2D eigenvalue weighted by atomic mass is 19.1. The number of benzene rings is 2. The van der Waals surface area contributed by atoms with Gasteiger partial charge in [0.05, 0.1) is 12.1 Å². The van der Waals surface area contributed by atoms with Gasteiger partial charge in [-0.25, -0.2) is 4.39 Å². The van der Waals surface area contributed by atoms with Crippen LogP contribution in [0.1, 0.15) is 39.3 Å². The highest BCUT2D eigenvalue weighted by Crippen LogP contribution is 2.26. The van der Waals surface area contributed by atoms with E-state index in [-0.39, 0.29) is 11.7 Å². The standard InChI is InChI=1S/C25H28FN5O2/c26-21-4-2-1-3-18(21)9-12-29-10-7-17(8-11-29)16-30-13-14-31-23(25(30)33)20-6-5-19(24(27)32)15-22(20)28-31/h1-6,15,17H,7-14,16H2,(H2,27,32). The van der Waals surface area contributed by atoms with Gasteiger partial charge in [0.25, 0.3) is 5.91 Å². The SMILES string of the molecule is NC(=O)c1ccc2c3n(nc2c1)CCN(CC1CCN(CCc2ccccc2F)CC1)C3=O. The third-order valence-electron chi connectivity index (χ3n) is 6.94. The lowest BCUT2D eigenvalue weighted by molar-refractivity contribution is 0.0630. The summed E-state index contributed by atoms with van der Waals surface area (Å²) in [5.74, 6) is -0.178. The number of nitrogens with two attached hydrogens (primary N) is 1. The molecular weight excluding hydrogens is 421 g/mol. The van der Waals surface area contributed by atoms with Gasteiger partial charge in [-0.15, -0.1) is 0 Å². The minimum absolute atomic E-state index is 0.00226. The first kappa shape index (κ1) is 21.6. The van der Waals surface area contributed by atoms with Gasteiger partial charge in [-0.05, 0) is 68.1 Å². The number of carbonyl (C=O) groups is 2. The molecule has 172 valence electrons. The number of halogens is 1. The Morgan fingerprint density at radius 2 is 1.88 bits per heavy atom. The number of amides is 2. The van der Waals surface area contributed by atoms with Crippen molar-refractivity contribution in [1.29, 1.82) is 0 Å². The molecule has 0 unspecified atom stereocenters. The molecule has 2 amide bonds. The van der Waals surface area contributed by atoms with Crippen molar-refractivity contribution in [3.8, 4) is 0 Å². The molecule has 2 aliphatic heterocycles. The van der Waals surface area contributed by atoms with Crippen molar-refractivity contribution in [3.05, 3.63) is 65.1 Å². The van der Waals surface area contributed by atoms with E-state index in [0.717, 1.165) is 56.4 Å². The predicted octanol–water partition coefficient (Wildman–Crippen LogP) is 2.68. The van der Waals surface area contributed by atoms with Gasteiger partial charge < -0.3 is 15.5 Å². The normalized spacial score (nSPS) is 17.5. The fraction of sp³-hybridized carbons (Fsp3) is 0.400. The fourth-order valence-electron chi connectivity index (χ4n) is 5.00. The average molecular weight is 450 g/mol. The zero-order chi connectivity index (χ0) is 22.9. The van der Waals surface area contributed by atoms with Crippen molar-refractivity contribution in [3.63, 3.8) is 0 Å². The maximum absolute atomic E-state index is 13.9. The minimum Gasteiger partial charge on any atom is -0.366 e. The number of primary amides is 1. The first-order valence-electron chi connectivity index (χ1n) is 11.5. The number of rotatable bonds is 6. The van der Waals surface area contributed by atoms with E-state index in [4.69, 9.17) is 5.73 Å². The molecule has 3 aromatic rings. The predicted molar refractivity (Wildman–Crippen MR) is 123 cm³/mol. The Hall–Kier alpha value is -3.26. The van der Waals surface area contributed by atoms with Crippen LogP contribution >= 0.6 is 0 Å². The van der Waals surface area contributed by atoms with Crippen LogP contribution < -0.4 is 5.73 Å². The number of aromatic nitrogens is 2. The minimum atomic E-state index is -0.504. The number of nitrogens with zero attached hydrogens (tertiary/aromatic N) is 4. The summed E-state index contributed by atoms with van der Waals surface area (Å²) < 4.78 is 15.6. The molecule has 5 rings (SSSR count). The molecule has 0 atom stereocenters. The monoisotopic (exact) mass is 449 g/mol. The topological polar surface area (TPSA) is 84.5 Å². The molecule has 3 heterocycles. The average Bonchev–Trinajstić information content (AvgIpc) is 3.20. The molecule has 0 spiro atoms. The molecule has 0 saturated carbocycles. The Kier molecular flexibility index (Phi) is 5.85. The van der Waals surface area contributed by atoms with Crippen molar-refractivity contribution < 1.29 is 14.0 Å². The molecule has 0 aliphatic carbocycles. The molecule has 2 aliphatic rings. The lowest BCUT2D eigenvalue weighted by Gasteiger charge is -2.36. The van der Waals surface area contributed by atoms with Crippen molar-refractivity contribution in [2.45, 2.75) is 25.8 Å². The molecule has 0 radical (unpaired) electrons. The van der Waals surface area contributed by atoms with Crippen molar-refractivity contribution in [1.82, 2.24) is 19.6 Å². The van der Waals surface area contributed by atoms with E-state index in [2.05, 4.69) is 10.00 Å². The van der Waals surface area contributed by atoms with Crippen LogP contribution in [0, 0.1) is 11.7 Å². The van der Waals surface area contributed by atoms with Crippen LogP contribution in [0.25, 0.3) is 10.9 Å². The second-order valence-electron chi connectivity index (χ2n) is 9.05. The molecule has 1 saturated heterocycles. The van der Waals surface area contributed by atoms with E-state index in [1.807, 2.05) is 17.0 Å². The molecule has 2 aromatic carbocycles. The van der Waals surface area contributed by atoms with E-state index in [1.165, 1.54) is 6.07 Å². The number of hydrogen-bond acceptors (Lipinski definition) is 4. The summed E-state index contributed by atoms with van der Waals surface area (Å²) in [7, 11) is 0. The Morgan fingerprint density at radius 3 is 2.64 bits per heavy atom. The summed E-state index contributed by atoms with van der Waals surface area (Å²) in [5, 5.41) is 5.28. The molecule has 7 nitrogen and oxygen atoms in total. The lowest BCUT2D eigenvalue weighted by atomic mass is 9.95. The van der Waals surface area contributed by atoms with Crippen molar-refractivity contribution in [2.75, 3.05) is 32.7 Å². The summed E-state index contributed by atoms with van der Waals surface area (Å²) in [6, 6.07) is 12.0. The molecular formula is C25H28FN5O2. The van der Waals surface area contributed by atoms with Gasteiger partial charge in [-0.2, -0.15) is 5.10 Å². The largest absolute Gasteiger partial charge is 0.366 e. The Bertz CT molecular complexity index is 1200. The second-order valence-corrected chi connectivity index (χ2v) is 9.05. The van der Waals surface area contributed by atoms with Gasteiger partial charge >= 0.3 is 0 Å². The number of piperidine rings is 1. The fourth-order valence-corrected chi connectivity index (χ4v) is 5.00. The van der Waals surface area contributed by atoms with Crippen LogP contribution in [0.2, 0.25) is 0 Å². The van der Waals surface area contributed by atoms with Gasteiger partial charge in [-0.3, -0.25) is 14.3 Å². The molecule has 1 fully saturated rings. The summed E-state index contributed by atoms with van der Waals surface area (Å²) in [6.45, 7) is 4.82. The van der Waals surface area contributed by atoms with Gasteiger partial charge in [0, 0.05) is 30.6 Å². The third kappa shape index (κ3) is 4.35. The Morgan fingerprint density at radius 1 is 1.09 bits per heavy atom. The lowest BCUT2D eigenvalue weighted by Crippen LogP contribution is -2.45. The van der Waals surface area contributed by atoms with Gasteiger partial charge in [-0.1, -0.05) is 18.2 Å². The van der Waals surface area contributed by atoms with Gasteiger partial charge in [0.15, 0.2) is 0 Å². The highest BCUT2D eigenvalue weighted by molar-refractivity contribution is 6.07. The summed E-state index contributed by atoms with van der Waals surface area (Å²) in [4.78, 5) is 29.1. The maximum Gasteiger partial charge on any atom is 0.272 e. The van der Waals surface area contributed by atoms with E-state index in [0.29, 0.717) is 35.8 Å². The van der Waals surface area contributed by atoms with Crippen LogP contribution in [0.4, 0.5) is 4.39 Å². The first-order chi connectivity index (χ1) is 16.0. The summed E-state index contributed by atoms with van der Waals surface area (Å²) in [6.07, 6.45) is 2.78. The number of fused-ring (bicyclic) bond motifs is 3. The summed E-state index contributed by atoms with van der Waals surface area (Å²) >= 11 is 0. The molecule has 8 heteroatoms. The number of carbonyl (C=O) groups excluding carboxylic acids is 2. The van der Waals surface area contributed by atoms with Crippen LogP contribution in [0.5, 0.6) is 0 Å². The zero-order valence-electron chi connectivity index (χ0n) is 18.5. The van der Waals surface area contributed by atoms with E-state index >= 15 is 0 Å². The molecule has 33 heavy (non-hydrogen) atoms. The van der Waals surface area contributed by atoms with Crippen LogP contribution in [0.15, 0.2) is 42.5 Å². The molecule has 0 bridgehead atoms. The van der Waals surface area contributed by atoms with Crippen LogP contribution in [-0.2, 0) is 13.0 Å². The van der Waals surface area contributed by atoms with Crippen molar-refractivity contribution in [2.24, 2.45) is 11.7 Å².